The molecule has 0 saturated heterocycles. The second kappa shape index (κ2) is 38.8. The highest BCUT2D eigenvalue weighted by atomic mass is 15.0. The van der Waals surface area contributed by atoms with E-state index in [1.165, 1.54) is 259 Å². The van der Waals surface area contributed by atoms with Crippen molar-refractivity contribution in [3.8, 4) is 56.3 Å². The van der Waals surface area contributed by atoms with Gasteiger partial charge in [0.25, 0.3) is 31.6 Å². The van der Waals surface area contributed by atoms with Crippen molar-refractivity contribution >= 4 is 54.5 Å². The smallest absolute Gasteiger partial charge is 0.232 e. The van der Waals surface area contributed by atoms with Crippen molar-refractivity contribution in [1.82, 2.24) is 24.9 Å². The molecule has 0 N–H and O–H groups in total. The van der Waals surface area contributed by atoms with E-state index in [2.05, 4.69) is 365 Å². The number of rotatable bonds is 16. The van der Waals surface area contributed by atoms with Crippen molar-refractivity contribution in [2.45, 2.75) is 252 Å². The number of hydrogen-bond acceptors (Lipinski definition) is 5. The van der Waals surface area contributed by atoms with Crippen LogP contribution >= 0.6 is 0 Å². The predicted molar refractivity (Wildman–Crippen MR) is 516 cm³/mol. The number of fused-ring (bicyclic) bond motifs is 5. The van der Waals surface area contributed by atoms with E-state index in [1.54, 1.807) is 0 Å². The SMILES string of the molecule is CCC(CC)c1ccc2c(-c3cc(C)cc(C)c3C)[n+](C)cnc2c1.CCC(CC)c1ccc2nc[n+](C)c(-c3cc(C)cc(C)c3C)c2c1.CCC(CC)c1cccc2c(-c3cc(C)cc(C)c3C)[n+](C)cnc12.Cc1cc(C)c(C)c(-c2c3cc(C4CCC4)ccc3nc[n+]2C)c1.Cc1cc(C)c(C)c(-c2c3ccc(C4CCC4)cc3nc[n+]2C)c1. The van der Waals surface area contributed by atoms with E-state index in [0.29, 0.717) is 17.8 Å². The summed E-state index contributed by atoms with van der Waals surface area (Å²) in [7, 11) is 10.5. The molecular formula is C113H137N10+5. The number of benzene rings is 10. The Labute approximate surface area is 735 Å². The van der Waals surface area contributed by atoms with Crippen LogP contribution in [0.3, 0.4) is 0 Å². The Hall–Kier alpha value is -11.1. The Kier molecular flexibility index (Phi) is 28.2. The number of aryl methyl sites for hydroxylation is 15. The molecular weight excluding hydrogens is 1500 g/mol. The third-order valence-corrected chi connectivity index (χ3v) is 27.9. The van der Waals surface area contributed by atoms with Crippen molar-refractivity contribution in [2.24, 2.45) is 35.2 Å². The van der Waals surface area contributed by atoms with Crippen LogP contribution in [0.15, 0.2) is 183 Å². The van der Waals surface area contributed by atoms with Gasteiger partial charge in [0.15, 0.2) is 27.6 Å². The minimum atomic E-state index is 0.567. The van der Waals surface area contributed by atoms with Gasteiger partial charge in [0.2, 0.25) is 0 Å². The normalized spacial score (nSPS) is 12.8. The predicted octanol–water partition coefficient (Wildman–Crippen LogP) is 26.5. The fraction of sp³-hybridized carbons (Fsp3) is 0.381. The molecule has 10 heteroatoms. The van der Waals surface area contributed by atoms with Crippen LogP contribution < -0.4 is 22.8 Å². The van der Waals surface area contributed by atoms with Gasteiger partial charge in [0, 0.05) is 33.4 Å². The molecule has 10 aromatic carbocycles. The summed E-state index contributed by atoms with van der Waals surface area (Å²) < 4.78 is 10.8. The first kappa shape index (κ1) is 89.7. The Bertz CT molecular complexity index is 6370. The van der Waals surface area contributed by atoms with Gasteiger partial charge in [-0.3, -0.25) is 0 Å². The molecule has 0 radical (unpaired) electrons. The van der Waals surface area contributed by atoms with Gasteiger partial charge in [0.05, 0.1) is 62.2 Å². The van der Waals surface area contributed by atoms with Gasteiger partial charge in [-0.05, 0) is 385 Å². The van der Waals surface area contributed by atoms with E-state index < -0.39 is 0 Å². The van der Waals surface area contributed by atoms with Gasteiger partial charge in [-0.1, -0.05) is 149 Å². The zero-order valence-electron chi connectivity index (χ0n) is 79.2. The minimum absolute atomic E-state index is 0.567. The van der Waals surface area contributed by atoms with Crippen LogP contribution in [0.4, 0.5) is 0 Å². The molecule has 2 aliphatic rings. The first-order valence-electron chi connectivity index (χ1n) is 45.8. The Balaban J connectivity index is 0.000000132. The van der Waals surface area contributed by atoms with Gasteiger partial charge in [-0.2, -0.15) is 0 Å². The fourth-order valence-corrected chi connectivity index (χ4v) is 19.5. The van der Waals surface area contributed by atoms with Gasteiger partial charge in [-0.15, -0.1) is 0 Å². The number of hydrogen-bond donors (Lipinski definition) is 0. The first-order chi connectivity index (χ1) is 59.0. The lowest BCUT2D eigenvalue weighted by atomic mass is 9.79. The van der Waals surface area contributed by atoms with Crippen molar-refractivity contribution < 1.29 is 22.8 Å². The molecule has 2 fully saturated rings. The van der Waals surface area contributed by atoms with Gasteiger partial charge in [-0.25, -0.2) is 22.8 Å². The molecule has 2 aliphatic carbocycles. The standard InChI is InChI=1S/3C23H29N2.2C22H25N2/c1-7-18(8-2)19-9-10-22-21(13-19)23(25(6)14-24-22)20-12-15(3)11-16(4)17(20)5;1-7-18(8-2)19-9-10-20-22(13-19)24-14-25(6)23(20)21-12-15(3)11-16(4)17(21)5;1-7-18(8-2)19-10-9-11-20-22(19)24-14-25(6)23(20)21-13-15(3)12-16(4)17(21)5;1-14-10-15(2)16(3)19(11-14)22-20-12-18(17-6-5-7-17)8-9-21(20)23-13-24(22)4;1-14-10-15(2)16(3)20(11-14)22-19-9-8-18(17-6-5-7-17)12-21(19)23-13-24(22)4/h3*9-14,18H,7-8H2,1-6H3;2*8-13,17H,5-7H2,1-4H3/q5*+1. The van der Waals surface area contributed by atoms with Crippen LogP contribution in [0.25, 0.3) is 111 Å². The summed E-state index contributed by atoms with van der Waals surface area (Å²) in [6, 6.07) is 56.9. The highest BCUT2D eigenvalue weighted by Crippen LogP contribution is 2.43. The number of nitrogens with zero attached hydrogens (tertiary/aromatic N) is 10. The average molecular weight is 1640 g/mol. The van der Waals surface area contributed by atoms with Crippen LogP contribution in [0, 0.1) is 104 Å². The molecule has 0 atom stereocenters. The zero-order chi connectivity index (χ0) is 88.1. The molecule has 0 bridgehead atoms. The third kappa shape index (κ3) is 18.9. The van der Waals surface area contributed by atoms with Crippen LogP contribution in [0.2, 0.25) is 0 Å². The van der Waals surface area contributed by atoms with E-state index in [1.807, 2.05) is 31.6 Å². The molecule has 0 spiro atoms. The second-order valence-corrected chi connectivity index (χ2v) is 36.4. The largest absolute Gasteiger partial charge is 0.287 e. The topological polar surface area (TPSA) is 83.8 Å². The van der Waals surface area contributed by atoms with E-state index in [-0.39, 0.29) is 0 Å². The molecule has 0 amide bonds. The van der Waals surface area contributed by atoms with Gasteiger partial charge < -0.3 is 0 Å². The quantitative estimate of drug-likeness (QED) is 0.0900. The van der Waals surface area contributed by atoms with E-state index in [0.717, 1.165) is 52.3 Å². The second-order valence-electron chi connectivity index (χ2n) is 36.4. The maximum Gasteiger partial charge on any atom is 0.287 e. The lowest BCUT2D eigenvalue weighted by Gasteiger charge is -2.25. The summed E-state index contributed by atoms with van der Waals surface area (Å²) >= 11 is 0. The first-order valence-corrected chi connectivity index (χ1v) is 45.8. The van der Waals surface area contributed by atoms with Crippen molar-refractivity contribution in [2.75, 3.05) is 0 Å². The maximum absolute atomic E-state index is 4.82. The summed E-state index contributed by atoms with van der Waals surface area (Å²) in [6.45, 7) is 46.6. The summed E-state index contributed by atoms with van der Waals surface area (Å²) in [5.74, 6) is 3.29. The molecule has 17 rings (SSSR count). The molecule has 15 aromatic rings. The van der Waals surface area contributed by atoms with E-state index in [9.17, 15) is 0 Å². The van der Waals surface area contributed by atoms with Gasteiger partial charge in [0.1, 0.15) is 28.5 Å². The highest BCUT2D eigenvalue weighted by Gasteiger charge is 2.29. The van der Waals surface area contributed by atoms with Crippen molar-refractivity contribution in [3.05, 3.63) is 295 Å². The molecule has 5 aromatic heterocycles. The molecule has 5 heterocycles. The van der Waals surface area contributed by atoms with E-state index >= 15 is 0 Å². The summed E-state index contributed by atoms with van der Waals surface area (Å²) in [6.07, 6.45) is 24.8. The van der Waals surface area contributed by atoms with Crippen molar-refractivity contribution in [1.29, 1.82) is 0 Å². The van der Waals surface area contributed by atoms with Crippen LogP contribution in [0.5, 0.6) is 0 Å². The Morgan fingerprint density at radius 2 is 0.577 bits per heavy atom. The summed E-state index contributed by atoms with van der Waals surface area (Å²) in [5, 5.41) is 6.26. The fourth-order valence-electron chi connectivity index (χ4n) is 19.5. The monoisotopic (exact) mass is 1630 g/mol. The molecule has 123 heavy (non-hydrogen) atoms. The zero-order valence-corrected chi connectivity index (χ0v) is 79.2. The number of para-hydroxylation sites is 1. The van der Waals surface area contributed by atoms with Crippen LogP contribution in [-0.2, 0) is 35.2 Å². The van der Waals surface area contributed by atoms with Crippen LogP contribution in [-0.4, -0.2) is 24.9 Å². The Morgan fingerprint density at radius 1 is 0.276 bits per heavy atom. The lowest BCUT2D eigenvalue weighted by Crippen LogP contribution is -2.32. The average Bonchev–Trinajstić information content (AvgIpc) is 0.775. The van der Waals surface area contributed by atoms with E-state index in [4.69, 9.17) is 15.0 Å². The molecule has 0 aliphatic heterocycles. The van der Waals surface area contributed by atoms with Crippen molar-refractivity contribution in [3.63, 3.8) is 0 Å². The maximum atomic E-state index is 4.82. The molecule has 634 valence electrons. The molecule has 10 nitrogen and oxygen atoms in total. The summed E-state index contributed by atoms with van der Waals surface area (Å²) in [4.78, 5) is 23.5. The number of aromatic nitrogens is 10. The minimum Gasteiger partial charge on any atom is -0.232 e. The van der Waals surface area contributed by atoms with Crippen LogP contribution in [0.1, 0.15) is 259 Å². The molecule has 2 saturated carbocycles. The summed E-state index contributed by atoms with van der Waals surface area (Å²) in [5.41, 5.74) is 45.6. The third-order valence-electron chi connectivity index (χ3n) is 27.9. The highest BCUT2D eigenvalue weighted by molar-refractivity contribution is 5.97. The molecule has 0 unspecified atom stereocenters. The van der Waals surface area contributed by atoms with Gasteiger partial charge >= 0.3 is 0 Å². The Morgan fingerprint density at radius 3 is 0.951 bits per heavy atom. The lowest BCUT2D eigenvalue weighted by molar-refractivity contribution is -0.662.